The molecule has 6 nitrogen and oxygen atoms in total. The number of nitrogens with zero attached hydrogens (tertiary/aromatic N) is 1. The molecule has 3 aromatic rings. The molecule has 0 N–H and O–H groups in total. The molecule has 0 aromatic heterocycles. The first-order valence-corrected chi connectivity index (χ1v) is 11.9. The van der Waals surface area contributed by atoms with E-state index in [9.17, 15) is 8.42 Å². The smallest absolute Gasteiger partial charge is 0.243 e. The Hall–Kier alpha value is -3.03. The number of sulfonamides is 1. The third-order valence-corrected chi connectivity index (χ3v) is 7.55. The molecule has 0 spiro atoms. The number of rotatable bonds is 6. The number of hydrogen-bond acceptors (Lipinski definition) is 5. The molecule has 0 radical (unpaired) electrons. The summed E-state index contributed by atoms with van der Waals surface area (Å²) in [6.07, 6.45) is 0.0324. The molecule has 168 valence electrons. The highest BCUT2D eigenvalue weighted by molar-refractivity contribution is 7.89. The Kier molecular flexibility index (Phi) is 6.39. The number of aryl methyl sites for hydroxylation is 1. The predicted octanol–water partition coefficient (Wildman–Crippen LogP) is 4.38. The van der Waals surface area contributed by atoms with Crippen LogP contribution < -0.4 is 14.2 Å². The van der Waals surface area contributed by atoms with Gasteiger partial charge in [-0.25, -0.2) is 8.42 Å². The number of hydrogen-bond donors (Lipinski definition) is 0. The second-order valence-corrected chi connectivity index (χ2v) is 9.69. The van der Waals surface area contributed by atoms with E-state index in [4.69, 9.17) is 14.2 Å². The van der Waals surface area contributed by atoms with Crippen molar-refractivity contribution in [2.45, 2.75) is 24.3 Å². The maximum atomic E-state index is 13.5. The maximum Gasteiger partial charge on any atom is 0.243 e. The normalized spacial score (nSPS) is 16.7. The Balaban J connectivity index is 1.75. The van der Waals surface area contributed by atoms with Gasteiger partial charge in [0.05, 0.1) is 25.7 Å². The Morgan fingerprint density at radius 3 is 2.22 bits per heavy atom. The van der Waals surface area contributed by atoms with Gasteiger partial charge in [0.1, 0.15) is 11.9 Å². The van der Waals surface area contributed by atoms with Gasteiger partial charge in [-0.05, 0) is 55.3 Å². The van der Waals surface area contributed by atoms with E-state index in [0.29, 0.717) is 30.2 Å². The summed E-state index contributed by atoms with van der Waals surface area (Å²) in [4.78, 5) is 0.280. The van der Waals surface area contributed by atoms with Crippen molar-refractivity contribution in [3.8, 4) is 17.2 Å². The molecule has 4 rings (SSSR count). The Morgan fingerprint density at radius 1 is 0.906 bits per heavy atom. The van der Waals surface area contributed by atoms with Gasteiger partial charge >= 0.3 is 0 Å². The fourth-order valence-electron chi connectivity index (χ4n) is 3.91. The molecule has 1 heterocycles. The van der Waals surface area contributed by atoms with Gasteiger partial charge in [0.25, 0.3) is 0 Å². The first-order chi connectivity index (χ1) is 15.4. The Morgan fingerprint density at radius 2 is 1.56 bits per heavy atom. The Labute approximate surface area is 189 Å². The van der Waals surface area contributed by atoms with Crippen LogP contribution >= 0.6 is 0 Å². The molecule has 0 aliphatic carbocycles. The summed E-state index contributed by atoms with van der Waals surface area (Å²) < 4.78 is 45.7. The molecule has 3 aromatic carbocycles. The molecule has 0 bridgehead atoms. The number of benzene rings is 3. The van der Waals surface area contributed by atoms with E-state index in [-0.39, 0.29) is 11.4 Å². The van der Waals surface area contributed by atoms with Gasteiger partial charge in [0, 0.05) is 12.1 Å². The SMILES string of the molecule is COc1cc2c(cc1OC)C(Oc1ccccc1)CN(S(=O)(=O)c1ccc(C)cc1)CC2. The van der Waals surface area contributed by atoms with Crippen molar-refractivity contribution >= 4 is 10.0 Å². The van der Waals surface area contributed by atoms with Crippen LogP contribution in [0.4, 0.5) is 0 Å². The molecule has 0 fully saturated rings. The van der Waals surface area contributed by atoms with Crippen molar-refractivity contribution in [1.29, 1.82) is 0 Å². The van der Waals surface area contributed by atoms with Gasteiger partial charge in [0.2, 0.25) is 10.0 Å². The summed E-state index contributed by atoms with van der Waals surface area (Å²) in [6, 6.07) is 20.2. The highest BCUT2D eigenvalue weighted by Gasteiger charge is 2.33. The lowest BCUT2D eigenvalue weighted by Gasteiger charge is -2.26. The van der Waals surface area contributed by atoms with Gasteiger partial charge < -0.3 is 14.2 Å². The van der Waals surface area contributed by atoms with Gasteiger partial charge in [-0.15, -0.1) is 0 Å². The molecular formula is C25H27NO5S. The van der Waals surface area contributed by atoms with E-state index in [2.05, 4.69) is 0 Å². The van der Waals surface area contributed by atoms with E-state index in [1.165, 1.54) is 4.31 Å². The van der Waals surface area contributed by atoms with Crippen molar-refractivity contribution in [2.75, 3.05) is 27.3 Å². The fourth-order valence-corrected chi connectivity index (χ4v) is 5.36. The minimum absolute atomic E-state index is 0.188. The molecule has 1 unspecified atom stereocenters. The molecule has 32 heavy (non-hydrogen) atoms. The van der Waals surface area contributed by atoms with Crippen LogP contribution in [0.15, 0.2) is 71.6 Å². The number of ether oxygens (including phenoxy) is 3. The summed E-state index contributed by atoms with van der Waals surface area (Å²) in [5.41, 5.74) is 2.88. The van der Waals surface area contributed by atoms with Crippen LogP contribution in [-0.2, 0) is 16.4 Å². The highest BCUT2D eigenvalue weighted by Crippen LogP contribution is 2.38. The third kappa shape index (κ3) is 4.45. The first-order valence-electron chi connectivity index (χ1n) is 10.5. The summed E-state index contributed by atoms with van der Waals surface area (Å²) >= 11 is 0. The van der Waals surface area contributed by atoms with Crippen LogP contribution in [0.2, 0.25) is 0 Å². The maximum absolute atomic E-state index is 13.5. The standard InChI is InChI=1S/C25H27NO5S/c1-18-9-11-21(12-10-18)32(27,28)26-14-13-19-15-23(29-2)24(30-3)16-22(19)25(17-26)31-20-7-5-4-6-8-20/h4-12,15-16,25H,13-14,17H2,1-3H3. The predicted molar refractivity (Wildman–Crippen MR) is 123 cm³/mol. The Bertz CT molecular complexity index is 1180. The van der Waals surface area contributed by atoms with Gasteiger partial charge in [-0.2, -0.15) is 4.31 Å². The zero-order valence-corrected chi connectivity index (χ0v) is 19.3. The molecule has 7 heteroatoms. The topological polar surface area (TPSA) is 65.1 Å². The summed E-state index contributed by atoms with van der Waals surface area (Å²) in [5, 5.41) is 0. The molecule has 1 atom stereocenters. The van der Waals surface area contributed by atoms with Crippen LogP contribution in [0.3, 0.4) is 0 Å². The highest BCUT2D eigenvalue weighted by atomic mass is 32.2. The average Bonchev–Trinajstić information content (AvgIpc) is 2.98. The molecule has 0 saturated heterocycles. The van der Waals surface area contributed by atoms with E-state index in [1.54, 1.807) is 26.4 Å². The number of methoxy groups -OCH3 is 2. The minimum Gasteiger partial charge on any atom is -0.493 e. The van der Waals surface area contributed by atoms with Crippen LogP contribution in [0.5, 0.6) is 17.2 Å². The van der Waals surface area contributed by atoms with Gasteiger partial charge in [0.15, 0.2) is 11.5 Å². The summed E-state index contributed by atoms with van der Waals surface area (Å²) in [6.45, 7) is 2.46. The molecule has 0 saturated carbocycles. The number of fused-ring (bicyclic) bond motifs is 1. The van der Waals surface area contributed by atoms with Gasteiger partial charge in [-0.3, -0.25) is 0 Å². The largest absolute Gasteiger partial charge is 0.493 e. The van der Waals surface area contributed by atoms with Crippen LogP contribution in [0.25, 0.3) is 0 Å². The monoisotopic (exact) mass is 453 g/mol. The zero-order chi connectivity index (χ0) is 22.7. The van der Waals surface area contributed by atoms with E-state index >= 15 is 0 Å². The minimum atomic E-state index is -3.69. The van der Waals surface area contributed by atoms with Gasteiger partial charge in [-0.1, -0.05) is 35.9 Å². The second kappa shape index (κ2) is 9.22. The molecule has 1 aliphatic heterocycles. The molecular weight excluding hydrogens is 426 g/mol. The van der Waals surface area contributed by atoms with Crippen molar-refractivity contribution in [3.05, 3.63) is 83.4 Å². The quantitative estimate of drug-likeness (QED) is 0.554. The van der Waals surface area contributed by atoms with E-state index in [1.807, 2.05) is 61.5 Å². The lowest BCUT2D eigenvalue weighted by atomic mass is 10.00. The average molecular weight is 454 g/mol. The molecule has 1 aliphatic rings. The van der Waals surface area contributed by atoms with Crippen molar-refractivity contribution < 1.29 is 22.6 Å². The second-order valence-electron chi connectivity index (χ2n) is 7.75. The van der Waals surface area contributed by atoms with Crippen molar-refractivity contribution in [2.24, 2.45) is 0 Å². The van der Waals surface area contributed by atoms with Crippen LogP contribution in [0.1, 0.15) is 22.8 Å². The lowest BCUT2D eigenvalue weighted by molar-refractivity contribution is 0.177. The van der Waals surface area contributed by atoms with E-state index in [0.717, 1.165) is 16.7 Å². The van der Waals surface area contributed by atoms with Crippen LogP contribution in [-0.4, -0.2) is 40.0 Å². The third-order valence-electron chi connectivity index (χ3n) is 5.67. The summed E-state index contributed by atoms with van der Waals surface area (Å²) in [5.74, 6) is 1.87. The van der Waals surface area contributed by atoms with E-state index < -0.39 is 16.1 Å². The molecule has 0 amide bonds. The number of para-hydroxylation sites is 1. The van der Waals surface area contributed by atoms with Crippen molar-refractivity contribution in [3.63, 3.8) is 0 Å². The van der Waals surface area contributed by atoms with Crippen molar-refractivity contribution in [1.82, 2.24) is 4.31 Å². The lowest BCUT2D eigenvalue weighted by Crippen LogP contribution is -2.36. The fraction of sp³-hybridized carbons (Fsp3) is 0.280. The summed E-state index contributed by atoms with van der Waals surface area (Å²) in [7, 11) is -0.510. The van der Waals surface area contributed by atoms with Crippen LogP contribution in [0, 0.1) is 6.92 Å². The first kappa shape index (κ1) is 22.2. The zero-order valence-electron chi connectivity index (χ0n) is 18.4.